The number of aromatic nitrogens is 3. The van der Waals surface area contributed by atoms with Crippen molar-refractivity contribution in [3.8, 4) is 11.6 Å². The lowest BCUT2D eigenvalue weighted by Crippen LogP contribution is -2.36. The van der Waals surface area contributed by atoms with Crippen molar-refractivity contribution >= 4 is 17.7 Å². The number of carbonyl (C=O) groups excluding carboxylic acids is 1. The number of rotatable bonds is 5. The predicted molar refractivity (Wildman–Crippen MR) is 104 cm³/mol. The minimum Gasteiger partial charge on any atom is -0.461 e. The summed E-state index contributed by atoms with van der Waals surface area (Å²) in [6, 6.07) is 12.1. The average Bonchev–Trinajstić information content (AvgIpc) is 3.32. The van der Waals surface area contributed by atoms with E-state index in [9.17, 15) is 4.79 Å². The molecule has 4 rings (SSSR count). The second-order valence-electron chi connectivity index (χ2n) is 6.75. The molecule has 0 unspecified atom stereocenters. The number of thioether (sulfide) groups is 1. The fourth-order valence-electron chi connectivity index (χ4n) is 3.44. The van der Waals surface area contributed by atoms with Crippen molar-refractivity contribution in [3.63, 3.8) is 0 Å². The third kappa shape index (κ3) is 3.64. The Labute approximate surface area is 162 Å². The Morgan fingerprint density at radius 1 is 1.30 bits per heavy atom. The number of amides is 1. The van der Waals surface area contributed by atoms with Crippen LogP contribution in [0.1, 0.15) is 36.9 Å². The zero-order chi connectivity index (χ0) is 18.8. The van der Waals surface area contributed by atoms with E-state index in [1.54, 1.807) is 6.26 Å². The fourth-order valence-corrected chi connectivity index (χ4v) is 4.27. The van der Waals surface area contributed by atoms with Gasteiger partial charge in [0.15, 0.2) is 16.7 Å². The molecule has 3 aromatic rings. The first-order valence-electron chi connectivity index (χ1n) is 9.11. The molecule has 140 valence electrons. The number of hydrogen-bond donors (Lipinski definition) is 1. The number of furan rings is 1. The Morgan fingerprint density at radius 3 is 2.96 bits per heavy atom. The van der Waals surface area contributed by atoms with E-state index in [-0.39, 0.29) is 17.2 Å². The van der Waals surface area contributed by atoms with Crippen LogP contribution in [-0.4, -0.2) is 25.9 Å². The molecule has 6 nitrogen and oxygen atoms in total. The molecule has 0 radical (unpaired) electrons. The van der Waals surface area contributed by atoms with Crippen LogP contribution in [0.2, 0.25) is 0 Å². The van der Waals surface area contributed by atoms with Crippen molar-refractivity contribution in [1.82, 2.24) is 20.1 Å². The van der Waals surface area contributed by atoms with Gasteiger partial charge in [0, 0.05) is 7.05 Å². The van der Waals surface area contributed by atoms with Crippen LogP contribution in [0.3, 0.4) is 0 Å². The molecule has 1 aliphatic rings. The van der Waals surface area contributed by atoms with E-state index >= 15 is 0 Å². The maximum atomic E-state index is 12.8. The molecule has 0 spiro atoms. The van der Waals surface area contributed by atoms with Crippen molar-refractivity contribution < 1.29 is 9.21 Å². The molecule has 27 heavy (non-hydrogen) atoms. The quantitative estimate of drug-likeness (QED) is 0.681. The van der Waals surface area contributed by atoms with Crippen molar-refractivity contribution in [2.24, 2.45) is 7.05 Å². The van der Waals surface area contributed by atoms with E-state index in [1.165, 1.54) is 22.9 Å². The highest BCUT2D eigenvalue weighted by atomic mass is 32.2. The fraction of sp³-hybridized carbons (Fsp3) is 0.350. The van der Waals surface area contributed by atoms with E-state index in [4.69, 9.17) is 4.42 Å². The molecule has 0 aliphatic heterocycles. The van der Waals surface area contributed by atoms with E-state index in [0.717, 1.165) is 19.3 Å². The first-order chi connectivity index (χ1) is 13.1. The second-order valence-corrected chi connectivity index (χ2v) is 8.06. The Bertz CT molecular complexity index is 935. The molecule has 1 aromatic carbocycles. The maximum Gasteiger partial charge on any atom is 0.233 e. The summed E-state index contributed by atoms with van der Waals surface area (Å²) >= 11 is 1.40. The summed E-state index contributed by atoms with van der Waals surface area (Å²) in [6.07, 6.45) is 4.77. The van der Waals surface area contributed by atoms with Crippen LogP contribution >= 0.6 is 11.8 Å². The van der Waals surface area contributed by atoms with E-state index < -0.39 is 0 Å². The first-order valence-corrected chi connectivity index (χ1v) is 9.99. The monoisotopic (exact) mass is 382 g/mol. The summed E-state index contributed by atoms with van der Waals surface area (Å²) in [6.45, 7) is 1.90. The minimum absolute atomic E-state index is 0.0178. The normalized spacial score (nSPS) is 17.3. The van der Waals surface area contributed by atoms with Crippen LogP contribution in [0.25, 0.3) is 11.6 Å². The number of hydrogen-bond acceptors (Lipinski definition) is 5. The molecular weight excluding hydrogens is 360 g/mol. The van der Waals surface area contributed by atoms with Gasteiger partial charge in [0.2, 0.25) is 5.91 Å². The standard InChI is InChI=1S/C20H22N4O2S/c1-13(27-20-23-22-18(24(20)2)17-11-6-12-26-17)19(25)21-16-10-5-8-14-7-3-4-9-15(14)16/h3-4,6-7,9,11-13,16H,5,8,10H2,1-2H3,(H,21,25)/t13-,16+/m0/s1. The Balaban J connectivity index is 1.44. The molecule has 1 amide bonds. The summed E-state index contributed by atoms with van der Waals surface area (Å²) in [4.78, 5) is 12.8. The second kappa shape index (κ2) is 7.60. The van der Waals surface area contributed by atoms with Crippen LogP contribution < -0.4 is 5.32 Å². The topological polar surface area (TPSA) is 73.0 Å². The lowest BCUT2D eigenvalue weighted by molar-refractivity contribution is -0.121. The number of fused-ring (bicyclic) bond motifs is 1. The summed E-state index contributed by atoms with van der Waals surface area (Å²) < 4.78 is 7.24. The number of carbonyl (C=O) groups is 1. The number of benzene rings is 1. The Hall–Kier alpha value is -2.54. The highest BCUT2D eigenvalue weighted by Gasteiger charge is 2.25. The molecule has 1 N–H and O–H groups in total. The van der Waals surface area contributed by atoms with Crippen LogP contribution in [0.4, 0.5) is 0 Å². The SMILES string of the molecule is C[C@H](Sc1nnc(-c2ccco2)n1C)C(=O)N[C@@H]1CCCc2ccccc21. The zero-order valence-corrected chi connectivity index (χ0v) is 16.2. The summed E-state index contributed by atoms with van der Waals surface area (Å²) in [5.74, 6) is 1.33. The van der Waals surface area contributed by atoms with Gasteiger partial charge in [-0.2, -0.15) is 0 Å². The van der Waals surface area contributed by atoms with Gasteiger partial charge in [-0.3, -0.25) is 4.79 Å². The molecule has 2 atom stereocenters. The van der Waals surface area contributed by atoms with Gasteiger partial charge in [0.05, 0.1) is 17.6 Å². The molecule has 1 aliphatic carbocycles. The van der Waals surface area contributed by atoms with Crippen LogP contribution in [0.5, 0.6) is 0 Å². The predicted octanol–water partition coefficient (Wildman–Crippen LogP) is 3.75. The molecular formula is C20H22N4O2S. The lowest BCUT2D eigenvalue weighted by Gasteiger charge is -2.27. The molecule has 2 heterocycles. The van der Waals surface area contributed by atoms with Gasteiger partial charge < -0.3 is 14.3 Å². The Kier molecular flexibility index (Phi) is 5.03. The largest absolute Gasteiger partial charge is 0.461 e. The van der Waals surface area contributed by atoms with Gasteiger partial charge in [0.25, 0.3) is 0 Å². The van der Waals surface area contributed by atoms with Crippen molar-refractivity contribution in [2.45, 2.75) is 42.6 Å². The van der Waals surface area contributed by atoms with Gasteiger partial charge in [-0.25, -0.2) is 0 Å². The smallest absolute Gasteiger partial charge is 0.233 e. The minimum atomic E-state index is -0.272. The molecule has 0 saturated heterocycles. The molecule has 0 fully saturated rings. The first kappa shape index (κ1) is 17.9. The van der Waals surface area contributed by atoms with E-state index in [1.807, 2.05) is 36.7 Å². The van der Waals surface area contributed by atoms with Crippen LogP contribution in [0, 0.1) is 0 Å². The van der Waals surface area contributed by atoms with Crippen LogP contribution in [0.15, 0.2) is 52.2 Å². The average molecular weight is 382 g/mol. The highest BCUT2D eigenvalue weighted by Crippen LogP contribution is 2.31. The summed E-state index contributed by atoms with van der Waals surface area (Å²) in [5, 5.41) is 12.0. The van der Waals surface area contributed by atoms with Gasteiger partial charge in [0.1, 0.15) is 0 Å². The third-order valence-electron chi connectivity index (χ3n) is 4.91. The molecule has 7 heteroatoms. The number of nitrogens with zero attached hydrogens (tertiary/aromatic N) is 3. The summed E-state index contributed by atoms with van der Waals surface area (Å²) in [5.41, 5.74) is 2.58. The number of aryl methyl sites for hydroxylation is 1. The number of nitrogens with one attached hydrogen (secondary N) is 1. The lowest BCUT2D eigenvalue weighted by atomic mass is 9.88. The molecule has 0 saturated carbocycles. The zero-order valence-electron chi connectivity index (χ0n) is 15.4. The van der Waals surface area contributed by atoms with E-state index in [2.05, 4.69) is 33.7 Å². The summed E-state index contributed by atoms with van der Waals surface area (Å²) in [7, 11) is 1.88. The van der Waals surface area contributed by atoms with E-state index in [0.29, 0.717) is 16.7 Å². The van der Waals surface area contributed by atoms with Crippen molar-refractivity contribution in [3.05, 3.63) is 53.8 Å². The molecule has 0 bridgehead atoms. The van der Waals surface area contributed by atoms with Crippen molar-refractivity contribution in [1.29, 1.82) is 0 Å². The highest BCUT2D eigenvalue weighted by molar-refractivity contribution is 8.00. The van der Waals surface area contributed by atoms with Gasteiger partial charge in [-0.05, 0) is 49.4 Å². The maximum absolute atomic E-state index is 12.8. The third-order valence-corrected chi connectivity index (χ3v) is 6.05. The molecule has 2 aromatic heterocycles. The van der Waals surface area contributed by atoms with Gasteiger partial charge in [-0.1, -0.05) is 36.0 Å². The van der Waals surface area contributed by atoms with Gasteiger partial charge in [-0.15, -0.1) is 10.2 Å². The Morgan fingerprint density at radius 2 is 2.15 bits per heavy atom. The van der Waals surface area contributed by atoms with Crippen molar-refractivity contribution in [2.75, 3.05) is 0 Å². The van der Waals surface area contributed by atoms with Gasteiger partial charge >= 0.3 is 0 Å². The van der Waals surface area contributed by atoms with Crippen LogP contribution in [-0.2, 0) is 18.3 Å².